The van der Waals surface area contributed by atoms with Crippen LogP contribution in [0.3, 0.4) is 0 Å². The molecule has 0 radical (unpaired) electrons. The van der Waals surface area contributed by atoms with Crippen molar-refractivity contribution in [2.75, 3.05) is 0 Å². The van der Waals surface area contributed by atoms with Crippen LogP contribution in [0.4, 0.5) is 4.39 Å². The standard InChI is InChI=1S/C31H35F/c1-3-5-6-7-24-10-12-25(13-11-24)26-16-18-27(19-17-26)29-20-21-30(31(32)22-29)28-14-8-23(4-2)9-15-28/h8-9,14-16,18,20-22,24-25H,3-7,10-13H2,1-2H3. The van der Waals surface area contributed by atoms with Crippen LogP contribution in [0.25, 0.3) is 22.3 Å². The summed E-state index contributed by atoms with van der Waals surface area (Å²) in [5.41, 5.74) is 5.87. The summed E-state index contributed by atoms with van der Waals surface area (Å²) in [6, 6.07) is 24.6. The molecule has 0 nitrogen and oxygen atoms in total. The summed E-state index contributed by atoms with van der Waals surface area (Å²) in [7, 11) is 0. The molecule has 4 rings (SSSR count). The largest absolute Gasteiger partial charge is 0.206 e. The van der Waals surface area contributed by atoms with E-state index in [-0.39, 0.29) is 5.82 Å². The number of hydrogen-bond donors (Lipinski definition) is 0. The van der Waals surface area contributed by atoms with Gasteiger partial charge in [-0.3, -0.25) is 0 Å². The van der Waals surface area contributed by atoms with Crippen molar-refractivity contribution in [1.29, 1.82) is 0 Å². The third-order valence-electron chi connectivity index (χ3n) is 7.23. The van der Waals surface area contributed by atoms with Gasteiger partial charge in [0.1, 0.15) is 5.82 Å². The van der Waals surface area contributed by atoms with Crippen molar-refractivity contribution in [3.05, 3.63) is 83.7 Å². The molecule has 32 heavy (non-hydrogen) atoms. The van der Waals surface area contributed by atoms with Crippen LogP contribution in [0.5, 0.6) is 0 Å². The van der Waals surface area contributed by atoms with Crippen LogP contribution >= 0.6 is 0 Å². The van der Waals surface area contributed by atoms with Gasteiger partial charge in [0.05, 0.1) is 0 Å². The van der Waals surface area contributed by atoms with E-state index in [0.29, 0.717) is 11.5 Å². The fourth-order valence-electron chi connectivity index (χ4n) is 5.08. The average molecular weight is 427 g/mol. The molecule has 1 heteroatoms. The number of halogens is 1. The average Bonchev–Trinajstić information content (AvgIpc) is 2.85. The van der Waals surface area contributed by atoms with Gasteiger partial charge in [-0.05, 0) is 78.8 Å². The van der Waals surface area contributed by atoms with E-state index in [1.165, 1.54) is 62.5 Å². The maximum atomic E-state index is 14.9. The van der Waals surface area contributed by atoms with Crippen LogP contribution in [-0.2, 0) is 6.42 Å². The summed E-state index contributed by atoms with van der Waals surface area (Å²) in [6.45, 7) is 4.41. The van der Waals surface area contributed by atoms with Crippen LogP contribution in [-0.4, -0.2) is 0 Å². The summed E-state index contributed by atoms with van der Waals surface area (Å²) in [4.78, 5) is 0. The van der Waals surface area contributed by atoms with Gasteiger partial charge in [0.25, 0.3) is 0 Å². The zero-order valence-corrected chi connectivity index (χ0v) is 19.6. The fraction of sp³-hybridized carbons (Fsp3) is 0.419. The second-order valence-electron chi connectivity index (χ2n) is 9.41. The van der Waals surface area contributed by atoms with E-state index in [1.807, 2.05) is 24.3 Å². The number of rotatable bonds is 8. The predicted octanol–water partition coefficient (Wildman–Crippen LogP) is 9.18. The fourth-order valence-corrected chi connectivity index (χ4v) is 5.08. The molecule has 0 aliphatic heterocycles. The van der Waals surface area contributed by atoms with Gasteiger partial charge in [0.2, 0.25) is 0 Å². The van der Waals surface area contributed by atoms with Gasteiger partial charge in [0.15, 0.2) is 0 Å². The van der Waals surface area contributed by atoms with Gasteiger partial charge in [-0.15, -0.1) is 0 Å². The normalized spacial score (nSPS) is 18.3. The summed E-state index contributed by atoms with van der Waals surface area (Å²) in [5, 5.41) is 0. The summed E-state index contributed by atoms with van der Waals surface area (Å²) >= 11 is 0. The molecule has 1 aliphatic carbocycles. The first-order valence-corrected chi connectivity index (χ1v) is 12.5. The van der Waals surface area contributed by atoms with Crippen molar-refractivity contribution < 1.29 is 4.39 Å². The smallest absolute Gasteiger partial charge is 0.131 e. The van der Waals surface area contributed by atoms with Gasteiger partial charge < -0.3 is 0 Å². The molecule has 1 saturated carbocycles. The van der Waals surface area contributed by atoms with Crippen LogP contribution in [0, 0.1) is 23.9 Å². The van der Waals surface area contributed by atoms with Crippen LogP contribution in [0.1, 0.15) is 82.3 Å². The van der Waals surface area contributed by atoms with Gasteiger partial charge >= 0.3 is 0 Å². The molecule has 0 spiro atoms. The Kier molecular flexibility index (Phi) is 7.64. The van der Waals surface area contributed by atoms with Crippen LogP contribution in [0.15, 0.2) is 54.6 Å². The van der Waals surface area contributed by atoms with E-state index in [0.717, 1.165) is 29.0 Å². The molecular weight excluding hydrogens is 391 g/mol. The molecule has 1 aliphatic rings. The minimum Gasteiger partial charge on any atom is -0.206 e. The van der Waals surface area contributed by atoms with Gasteiger partial charge in [0, 0.05) is 16.7 Å². The lowest BCUT2D eigenvalue weighted by Crippen LogP contribution is -2.13. The first kappa shape index (κ1) is 22.6. The molecule has 3 aromatic carbocycles. The summed E-state index contributed by atoms with van der Waals surface area (Å²) in [5.74, 6) is 1.33. The first-order valence-electron chi connectivity index (χ1n) is 12.5. The molecule has 0 amide bonds. The topological polar surface area (TPSA) is 0 Å². The van der Waals surface area contributed by atoms with E-state index in [9.17, 15) is 4.39 Å². The van der Waals surface area contributed by atoms with E-state index < -0.39 is 0 Å². The lowest BCUT2D eigenvalue weighted by Gasteiger charge is -2.28. The Morgan fingerprint density at radius 2 is 1.56 bits per heavy atom. The molecule has 0 unspecified atom stereocenters. The van der Waals surface area contributed by atoms with E-state index in [2.05, 4.69) is 50.2 Å². The number of aryl methyl sites for hydroxylation is 1. The van der Waals surface area contributed by atoms with E-state index in [1.54, 1.807) is 6.07 Å². The first-order chi connectivity index (χ1) is 15.7. The zero-order valence-electron chi connectivity index (χ0n) is 19.6. The molecule has 166 valence electrons. The molecule has 0 heterocycles. The Balaban J connectivity index is 1.40. The monoisotopic (exact) mass is 426 g/mol. The Morgan fingerprint density at radius 1 is 0.812 bits per heavy atom. The van der Waals surface area contributed by atoms with Crippen molar-refractivity contribution in [1.82, 2.24) is 0 Å². The third kappa shape index (κ3) is 5.42. The van der Waals surface area contributed by atoms with Crippen molar-refractivity contribution in [3.8, 4) is 22.3 Å². The van der Waals surface area contributed by atoms with Crippen molar-refractivity contribution in [3.63, 3.8) is 0 Å². The molecule has 0 saturated heterocycles. The number of benzene rings is 2. The van der Waals surface area contributed by atoms with Gasteiger partial charge in [-0.25, -0.2) is 4.39 Å². The lowest BCUT2D eigenvalue weighted by molar-refractivity contribution is 0.303. The van der Waals surface area contributed by atoms with Crippen molar-refractivity contribution in [2.45, 2.75) is 77.6 Å². The Morgan fingerprint density at radius 3 is 2.19 bits per heavy atom. The Hall–Kier alpha value is -2.59. The minimum absolute atomic E-state index is 0.189. The molecular formula is C31H35F. The van der Waals surface area contributed by atoms with Crippen molar-refractivity contribution >= 4 is 0 Å². The SMILES string of the molecule is CCCCCC1CCC(c2c#cc(-c3ccc(-c4ccc(CC)cc4)c(F)c3)cc2)CC1. The quantitative estimate of drug-likeness (QED) is 0.315. The Labute approximate surface area is 193 Å². The third-order valence-corrected chi connectivity index (χ3v) is 7.23. The van der Waals surface area contributed by atoms with E-state index >= 15 is 0 Å². The number of hydrogen-bond acceptors (Lipinski definition) is 0. The Bertz CT molecular complexity index is 976. The molecule has 0 aromatic heterocycles. The molecule has 0 atom stereocenters. The van der Waals surface area contributed by atoms with Crippen molar-refractivity contribution in [2.24, 2.45) is 5.92 Å². The minimum atomic E-state index is -0.189. The lowest BCUT2D eigenvalue weighted by atomic mass is 9.77. The number of unbranched alkanes of at least 4 members (excludes halogenated alkanes) is 2. The van der Waals surface area contributed by atoms with Crippen LogP contribution < -0.4 is 0 Å². The summed E-state index contributed by atoms with van der Waals surface area (Å²) < 4.78 is 14.9. The second-order valence-corrected chi connectivity index (χ2v) is 9.41. The van der Waals surface area contributed by atoms with Gasteiger partial charge in [-0.1, -0.05) is 88.1 Å². The molecule has 3 aromatic rings. The highest BCUT2D eigenvalue weighted by Crippen LogP contribution is 2.37. The zero-order chi connectivity index (χ0) is 22.3. The summed E-state index contributed by atoms with van der Waals surface area (Å²) in [6.07, 6.45) is 11.7. The van der Waals surface area contributed by atoms with Crippen LogP contribution in [0.2, 0.25) is 0 Å². The maximum absolute atomic E-state index is 14.9. The highest BCUT2D eigenvalue weighted by atomic mass is 19.1. The second kappa shape index (κ2) is 10.8. The predicted molar refractivity (Wildman–Crippen MR) is 133 cm³/mol. The molecule has 0 N–H and O–H groups in total. The van der Waals surface area contributed by atoms with E-state index in [4.69, 9.17) is 0 Å². The van der Waals surface area contributed by atoms with Gasteiger partial charge in [-0.2, -0.15) is 0 Å². The highest BCUT2D eigenvalue weighted by Gasteiger charge is 2.22. The highest BCUT2D eigenvalue weighted by molar-refractivity contribution is 5.70. The molecule has 1 fully saturated rings. The maximum Gasteiger partial charge on any atom is 0.131 e. The molecule has 0 bridgehead atoms.